The van der Waals surface area contributed by atoms with Crippen molar-refractivity contribution in [1.29, 1.82) is 0 Å². The van der Waals surface area contributed by atoms with Crippen LogP contribution in [0, 0.1) is 5.82 Å². The Kier molecular flexibility index (Phi) is 6.82. The van der Waals surface area contributed by atoms with Crippen LogP contribution in [0.15, 0.2) is 39.9 Å². The van der Waals surface area contributed by atoms with Crippen molar-refractivity contribution in [2.24, 2.45) is 0 Å². The highest BCUT2D eigenvalue weighted by atomic mass is 32.2. The first-order chi connectivity index (χ1) is 14.5. The number of thiazole rings is 1. The first-order valence-corrected chi connectivity index (χ1v) is 13.3. The number of fused-ring (bicyclic) bond motifs is 3. The maximum Gasteiger partial charge on any atom is 0.250 e. The lowest BCUT2D eigenvalue weighted by Crippen LogP contribution is -2.24. The molecule has 0 amide bonds. The Balaban J connectivity index is 1.24. The number of rotatable bonds is 9. The van der Waals surface area contributed by atoms with E-state index in [9.17, 15) is 12.8 Å². The molecule has 0 saturated carbocycles. The summed E-state index contributed by atoms with van der Waals surface area (Å²) in [5.41, 5.74) is 3.00. The van der Waals surface area contributed by atoms with Crippen LogP contribution in [0.25, 0.3) is 11.3 Å². The van der Waals surface area contributed by atoms with Crippen molar-refractivity contribution in [2.45, 2.75) is 42.7 Å². The van der Waals surface area contributed by atoms with E-state index in [2.05, 4.69) is 10.0 Å². The predicted molar refractivity (Wildman–Crippen MR) is 121 cm³/mol. The van der Waals surface area contributed by atoms with Crippen LogP contribution >= 0.6 is 22.7 Å². The number of nitrogens with one attached hydrogen (secondary N) is 2. The standard InChI is InChI=1S/C21H24FN3O2S3/c22-16-10-9-15-6-4-7-18-20(17(15)14-16)25-21(29-18)23-11-2-1-3-12-24-30(26,27)19-8-5-13-28-19/h5,8-10,13-14,24H,1-4,6-7,11-12H2,(H,23,25). The number of aryl methyl sites for hydroxylation is 2. The molecule has 0 atom stereocenters. The first kappa shape index (κ1) is 21.4. The Morgan fingerprint density at radius 2 is 1.97 bits per heavy atom. The number of thiophene rings is 1. The van der Waals surface area contributed by atoms with E-state index < -0.39 is 10.0 Å². The van der Waals surface area contributed by atoms with Gasteiger partial charge in [-0.3, -0.25) is 0 Å². The Morgan fingerprint density at radius 3 is 2.80 bits per heavy atom. The van der Waals surface area contributed by atoms with Crippen molar-refractivity contribution in [2.75, 3.05) is 18.4 Å². The van der Waals surface area contributed by atoms with Gasteiger partial charge in [0.2, 0.25) is 10.0 Å². The van der Waals surface area contributed by atoms with E-state index in [-0.39, 0.29) is 5.82 Å². The molecule has 9 heteroatoms. The highest BCUT2D eigenvalue weighted by Gasteiger charge is 2.20. The summed E-state index contributed by atoms with van der Waals surface area (Å²) in [7, 11) is -3.37. The summed E-state index contributed by atoms with van der Waals surface area (Å²) in [4.78, 5) is 5.95. The van der Waals surface area contributed by atoms with Gasteiger partial charge in [0.1, 0.15) is 10.0 Å². The zero-order valence-electron chi connectivity index (χ0n) is 16.5. The van der Waals surface area contributed by atoms with E-state index >= 15 is 0 Å². The van der Waals surface area contributed by atoms with Crippen LogP contribution in [0.3, 0.4) is 0 Å². The van der Waals surface area contributed by atoms with E-state index in [1.165, 1.54) is 22.3 Å². The molecule has 0 fully saturated rings. The number of anilines is 1. The van der Waals surface area contributed by atoms with Gasteiger partial charge in [0.15, 0.2) is 5.13 Å². The molecule has 1 aliphatic rings. The molecule has 4 rings (SSSR count). The predicted octanol–water partition coefficient (Wildman–Crippen LogP) is 5.06. The van der Waals surface area contributed by atoms with Crippen LogP contribution in [0.2, 0.25) is 0 Å². The van der Waals surface area contributed by atoms with Gasteiger partial charge in [-0.05, 0) is 61.2 Å². The highest BCUT2D eigenvalue weighted by molar-refractivity contribution is 7.91. The van der Waals surface area contributed by atoms with Crippen LogP contribution in [-0.2, 0) is 22.9 Å². The number of hydrogen-bond donors (Lipinski definition) is 2. The number of benzene rings is 1. The van der Waals surface area contributed by atoms with Crippen molar-refractivity contribution >= 4 is 37.8 Å². The van der Waals surface area contributed by atoms with Crippen molar-refractivity contribution in [1.82, 2.24) is 9.71 Å². The molecule has 2 heterocycles. The van der Waals surface area contributed by atoms with E-state index in [1.807, 2.05) is 6.07 Å². The topological polar surface area (TPSA) is 71.1 Å². The van der Waals surface area contributed by atoms with Crippen molar-refractivity contribution in [3.8, 4) is 11.3 Å². The number of nitrogens with zero attached hydrogens (tertiary/aromatic N) is 1. The molecule has 30 heavy (non-hydrogen) atoms. The van der Waals surface area contributed by atoms with Crippen LogP contribution < -0.4 is 10.0 Å². The average molecular weight is 466 g/mol. The minimum absolute atomic E-state index is 0.223. The summed E-state index contributed by atoms with van der Waals surface area (Å²) < 4.78 is 40.9. The Morgan fingerprint density at radius 1 is 1.10 bits per heavy atom. The molecule has 3 aromatic rings. The fourth-order valence-corrected chi connectivity index (χ4v) is 6.70. The quantitative estimate of drug-likeness (QED) is 0.433. The molecule has 0 aliphatic heterocycles. The SMILES string of the molecule is O=S(=O)(NCCCCCNc1nc2c(s1)CCCc1ccc(F)cc1-2)c1cccs1. The summed E-state index contributed by atoms with van der Waals surface area (Å²) in [5, 5.41) is 6.00. The molecule has 2 N–H and O–H groups in total. The first-order valence-electron chi connectivity index (χ1n) is 10.1. The Labute approximate surface area is 184 Å². The number of sulfonamides is 1. The largest absolute Gasteiger partial charge is 0.361 e. The molecule has 0 radical (unpaired) electrons. The minimum Gasteiger partial charge on any atom is -0.361 e. The monoisotopic (exact) mass is 465 g/mol. The van der Waals surface area contributed by atoms with Crippen LogP contribution in [0.4, 0.5) is 9.52 Å². The second kappa shape index (κ2) is 9.55. The molecule has 0 spiro atoms. The normalized spacial score (nSPS) is 13.5. The molecule has 1 aliphatic carbocycles. The molecule has 5 nitrogen and oxygen atoms in total. The number of hydrogen-bond acceptors (Lipinski definition) is 6. The minimum atomic E-state index is -3.37. The van der Waals surface area contributed by atoms with Crippen molar-refractivity contribution in [3.63, 3.8) is 0 Å². The van der Waals surface area contributed by atoms with Gasteiger partial charge in [-0.2, -0.15) is 0 Å². The molecular formula is C21H24FN3O2S3. The summed E-state index contributed by atoms with van der Waals surface area (Å²) >= 11 is 2.87. The van der Waals surface area contributed by atoms with Gasteiger partial charge >= 0.3 is 0 Å². The zero-order valence-corrected chi connectivity index (χ0v) is 18.9. The molecule has 2 aromatic heterocycles. The number of unbranched alkanes of at least 4 members (excludes halogenated alkanes) is 2. The number of aromatic nitrogens is 1. The number of halogens is 1. The highest BCUT2D eigenvalue weighted by Crippen LogP contribution is 2.37. The van der Waals surface area contributed by atoms with Crippen LogP contribution in [-0.4, -0.2) is 26.5 Å². The third-order valence-electron chi connectivity index (χ3n) is 5.06. The molecular weight excluding hydrogens is 441 g/mol. The second-order valence-corrected chi connectivity index (χ2v) is 11.3. The zero-order chi connectivity index (χ0) is 21.0. The summed E-state index contributed by atoms with van der Waals surface area (Å²) in [6.45, 7) is 1.22. The smallest absolute Gasteiger partial charge is 0.250 e. The lowest BCUT2D eigenvalue weighted by atomic mass is 10.0. The van der Waals surface area contributed by atoms with Gasteiger partial charge < -0.3 is 5.32 Å². The van der Waals surface area contributed by atoms with Gasteiger partial charge in [-0.1, -0.05) is 18.6 Å². The maximum absolute atomic E-state index is 13.7. The van der Waals surface area contributed by atoms with E-state index in [1.54, 1.807) is 34.9 Å². The van der Waals surface area contributed by atoms with Gasteiger partial charge in [-0.25, -0.2) is 22.5 Å². The average Bonchev–Trinajstić information content (AvgIpc) is 3.36. The summed E-state index contributed by atoms with van der Waals surface area (Å²) in [6, 6.07) is 8.34. The summed E-state index contributed by atoms with van der Waals surface area (Å²) in [6.07, 6.45) is 5.60. The van der Waals surface area contributed by atoms with Crippen LogP contribution in [0.5, 0.6) is 0 Å². The maximum atomic E-state index is 13.7. The molecule has 1 aromatic carbocycles. The second-order valence-electron chi connectivity index (χ2n) is 7.26. The fourth-order valence-electron chi connectivity index (χ4n) is 3.55. The molecule has 0 unspecified atom stereocenters. The lowest BCUT2D eigenvalue weighted by Gasteiger charge is -2.06. The van der Waals surface area contributed by atoms with E-state index in [4.69, 9.17) is 4.98 Å². The Bertz CT molecular complexity index is 1090. The molecule has 160 valence electrons. The van der Waals surface area contributed by atoms with Gasteiger partial charge in [0, 0.05) is 23.5 Å². The third kappa shape index (κ3) is 5.08. The van der Waals surface area contributed by atoms with Gasteiger partial charge in [0.05, 0.1) is 5.69 Å². The summed E-state index contributed by atoms with van der Waals surface area (Å²) in [5.74, 6) is -0.223. The molecule has 0 bridgehead atoms. The van der Waals surface area contributed by atoms with Crippen molar-refractivity contribution < 1.29 is 12.8 Å². The van der Waals surface area contributed by atoms with E-state index in [0.29, 0.717) is 10.8 Å². The fraction of sp³-hybridized carbons (Fsp3) is 0.381. The van der Waals surface area contributed by atoms with E-state index in [0.717, 1.165) is 67.0 Å². The third-order valence-corrected chi connectivity index (χ3v) is 8.99. The van der Waals surface area contributed by atoms with Gasteiger partial charge in [-0.15, -0.1) is 22.7 Å². The lowest BCUT2D eigenvalue weighted by molar-refractivity contribution is 0.577. The van der Waals surface area contributed by atoms with Gasteiger partial charge in [0.25, 0.3) is 0 Å². The Hall–Kier alpha value is -1.81. The van der Waals surface area contributed by atoms with Crippen LogP contribution in [0.1, 0.15) is 36.1 Å². The van der Waals surface area contributed by atoms with Crippen molar-refractivity contribution in [3.05, 3.63) is 52.0 Å². The molecule has 0 saturated heterocycles.